The van der Waals surface area contributed by atoms with Crippen LogP contribution in [0.3, 0.4) is 0 Å². The van der Waals surface area contributed by atoms with Gasteiger partial charge >= 0.3 is 0 Å². The van der Waals surface area contributed by atoms with Crippen molar-refractivity contribution in [3.63, 3.8) is 0 Å². The van der Waals surface area contributed by atoms with E-state index in [1.54, 1.807) is 12.1 Å². The van der Waals surface area contributed by atoms with Gasteiger partial charge in [-0.1, -0.05) is 12.1 Å². The summed E-state index contributed by atoms with van der Waals surface area (Å²) in [4.78, 5) is 17.1. The molecule has 5 heteroatoms. The van der Waals surface area contributed by atoms with Crippen molar-refractivity contribution in [2.75, 3.05) is 33.2 Å². The highest BCUT2D eigenvalue weighted by Crippen LogP contribution is 2.22. The molecule has 0 aromatic heterocycles. The number of rotatable bonds is 4. The first-order valence-electron chi connectivity index (χ1n) is 9.07. The maximum Gasteiger partial charge on any atom is 0.226 e. The fourth-order valence-electron chi connectivity index (χ4n) is 3.96. The zero-order valence-corrected chi connectivity index (χ0v) is 14.5. The lowest BCUT2D eigenvalue weighted by atomic mass is 9.94. The monoisotopic (exact) mass is 333 g/mol. The Morgan fingerprint density at radius 1 is 1.33 bits per heavy atom. The molecular formula is C19H28FN3O. The van der Waals surface area contributed by atoms with Crippen LogP contribution in [-0.2, 0) is 11.3 Å². The summed E-state index contributed by atoms with van der Waals surface area (Å²) >= 11 is 0. The molecule has 2 fully saturated rings. The van der Waals surface area contributed by atoms with Crippen molar-refractivity contribution in [2.24, 2.45) is 5.92 Å². The summed E-state index contributed by atoms with van der Waals surface area (Å²) in [6.07, 6.45) is 4.09. The molecule has 0 radical (unpaired) electrons. The van der Waals surface area contributed by atoms with Gasteiger partial charge in [-0.15, -0.1) is 0 Å². The largest absolute Gasteiger partial charge is 0.342 e. The summed E-state index contributed by atoms with van der Waals surface area (Å²) in [5.41, 5.74) is 0.981. The minimum Gasteiger partial charge on any atom is -0.342 e. The van der Waals surface area contributed by atoms with Gasteiger partial charge in [0.15, 0.2) is 0 Å². The first-order chi connectivity index (χ1) is 11.6. The lowest BCUT2D eigenvalue weighted by molar-refractivity contribution is -0.138. The van der Waals surface area contributed by atoms with Crippen molar-refractivity contribution in [3.8, 4) is 0 Å². The van der Waals surface area contributed by atoms with E-state index < -0.39 is 0 Å². The van der Waals surface area contributed by atoms with Gasteiger partial charge in [0.2, 0.25) is 5.91 Å². The van der Waals surface area contributed by atoms with Gasteiger partial charge in [0, 0.05) is 26.2 Å². The number of piperidine rings is 2. The molecule has 4 nitrogen and oxygen atoms in total. The normalized spacial score (nSPS) is 23.2. The molecule has 0 bridgehead atoms. The molecule has 1 atom stereocenters. The van der Waals surface area contributed by atoms with E-state index in [9.17, 15) is 9.18 Å². The molecular weight excluding hydrogens is 305 g/mol. The Kier molecular flexibility index (Phi) is 5.85. The second-order valence-electron chi connectivity index (χ2n) is 7.13. The first-order valence-corrected chi connectivity index (χ1v) is 9.07. The molecule has 2 aliphatic rings. The van der Waals surface area contributed by atoms with Crippen LogP contribution in [0.5, 0.6) is 0 Å². The maximum atomic E-state index is 13.4. The standard InChI is InChI=1S/C19H28FN3O/c1-22(18-7-9-21-10-8-18)19(24)16-5-3-11-23(14-16)13-15-4-2-6-17(20)12-15/h2,4,6,12,16,18,21H,3,5,7-11,13-14H2,1H3. The number of nitrogens with one attached hydrogen (secondary N) is 1. The molecule has 0 saturated carbocycles. The lowest BCUT2D eigenvalue weighted by Gasteiger charge is -2.37. The van der Waals surface area contributed by atoms with E-state index in [0.29, 0.717) is 6.04 Å². The number of likely N-dealkylation sites (tertiary alicyclic amines) is 1. The van der Waals surface area contributed by atoms with Crippen LogP contribution in [0.15, 0.2) is 24.3 Å². The topological polar surface area (TPSA) is 35.6 Å². The summed E-state index contributed by atoms with van der Waals surface area (Å²) in [5, 5.41) is 3.35. The zero-order valence-electron chi connectivity index (χ0n) is 14.5. The molecule has 2 saturated heterocycles. The Bertz CT molecular complexity index is 559. The Balaban J connectivity index is 1.57. The molecule has 1 aromatic carbocycles. The van der Waals surface area contributed by atoms with E-state index in [4.69, 9.17) is 0 Å². The molecule has 1 N–H and O–H groups in total. The Labute approximate surface area is 144 Å². The van der Waals surface area contributed by atoms with Gasteiger partial charge in [0.05, 0.1) is 5.92 Å². The molecule has 3 rings (SSSR count). The molecule has 1 unspecified atom stereocenters. The Hall–Kier alpha value is -1.46. The number of carbonyl (C=O) groups excluding carboxylic acids is 1. The average Bonchev–Trinajstić information content (AvgIpc) is 2.61. The van der Waals surface area contributed by atoms with Gasteiger partial charge in [-0.2, -0.15) is 0 Å². The molecule has 0 aliphatic carbocycles. The van der Waals surface area contributed by atoms with E-state index >= 15 is 0 Å². The van der Waals surface area contributed by atoms with Crippen LogP contribution in [0.25, 0.3) is 0 Å². The van der Waals surface area contributed by atoms with Crippen LogP contribution in [0.4, 0.5) is 4.39 Å². The smallest absolute Gasteiger partial charge is 0.226 e. The highest BCUT2D eigenvalue weighted by Gasteiger charge is 2.31. The second-order valence-corrected chi connectivity index (χ2v) is 7.13. The number of nitrogens with zero attached hydrogens (tertiary/aromatic N) is 2. The van der Waals surface area contributed by atoms with Crippen LogP contribution >= 0.6 is 0 Å². The van der Waals surface area contributed by atoms with Crippen LogP contribution in [0, 0.1) is 11.7 Å². The third kappa shape index (κ3) is 4.33. The number of hydrogen-bond acceptors (Lipinski definition) is 3. The van der Waals surface area contributed by atoms with E-state index in [1.807, 2.05) is 18.0 Å². The predicted molar refractivity (Wildman–Crippen MR) is 93.1 cm³/mol. The number of carbonyl (C=O) groups is 1. The third-order valence-corrected chi connectivity index (χ3v) is 5.35. The van der Waals surface area contributed by atoms with Crippen LogP contribution in [0.2, 0.25) is 0 Å². The van der Waals surface area contributed by atoms with Crippen LogP contribution in [-0.4, -0.2) is 55.0 Å². The number of amides is 1. The van der Waals surface area contributed by atoms with Crippen LogP contribution in [0.1, 0.15) is 31.2 Å². The fraction of sp³-hybridized carbons (Fsp3) is 0.632. The molecule has 132 valence electrons. The Morgan fingerprint density at radius 2 is 2.12 bits per heavy atom. The number of hydrogen-bond donors (Lipinski definition) is 1. The minimum absolute atomic E-state index is 0.0761. The maximum absolute atomic E-state index is 13.4. The molecule has 1 amide bonds. The van der Waals surface area contributed by atoms with Crippen molar-refractivity contribution < 1.29 is 9.18 Å². The van der Waals surface area contributed by atoms with Crippen LogP contribution < -0.4 is 5.32 Å². The fourth-order valence-corrected chi connectivity index (χ4v) is 3.96. The highest BCUT2D eigenvalue weighted by atomic mass is 19.1. The van der Waals surface area contributed by atoms with Gasteiger partial charge in [0.25, 0.3) is 0 Å². The van der Waals surface area contributed by atoms with Gasteiger partial charge in [0.1, 0.15) is 5.82 Å². The number of benzene rings is 1. The first kappa shape index (κ1) is 17.4. The molecule has 1 aromatic rings. The SMILES string of the molecule is CN(C(=O)C1CCCN(Cc2cccc(F)c2)C1)C1CCNCC1. The van der Waals surface area contributed by atoms with Crippen molar-refractivity contribution in [2.45, 2.75) is 38.3 Å². The summed E-state index contributed by atoms with van der Waals surface area (Å²) in [5.74, 6) is 0.167. The summed E-state index contributed by atoms with van der Waals surface area (Å²) < 4.78 is 13.4. The highest BCUT2D eigenvalue weighted by molar-refractivity contribution is 5.79. The van der Waals surface area contributed by atoms with Crippen molar-refractivity contribution in [1.82, 2.24) is 15.1 Å². The van der Waals surface area contributed by atoms with E-state index in [-0.39, 0.29) is 17.6 Å². The van der Waals surface area contributed by atoms with Crippen molar-refractivity contribution in [3.05, 3.63) is 35.6 Å². The van der Waals surface area contributed by atoms with E-state index in [0.717, 1.165) is 64.0 Å². The average molecular weight is 333 g/mol. The van der Waals surface area contributed by atoms with E-state index in [1.165, 1.54) is 6.07 Å². The molecule has 2 heterocycles. The zero-order chi connectivity index (χ0) is 16.9. The predicted octanol–water partition coefficient (Wildman–Crippen LogP) is 2.25. The molecule has 24 heavy (non-hydrogen) atoms. The third-order valence-electron chi connectivity index (χ3n) is 5.35. The lowest BCUT2D eigenvalue weighted by Crippen LogP contribution is -2.49. The van der Waals surface area contributed by atoms with Gasteiger partial charge in [-0.3, -0.25) is 9.69 Å². The van der Waals surface area contributed by atoms with Crippen molar-refractivity contribution in [1.29, 1.82) is 0 Å². The Morgan fingerprint density at radius 3 is 2.88 bits per heavy atom. The summed E-state index contributed by atoms with van der Waals surface area (Å²) in [6.45, 7) is 4.48. The quantitative estimate of drug-likeness (QED) is 0.918. The van der Waals surface area contributed by atoms with Crippen molar-refractivity contribution >= 4 is 5.91 Å². The van der Waals surface area contributed by atoms with Gasteiger partial charge < -0.3 is 10.2 Å². The second kappa shape index (κ2) is 8.08. The van der Waals surface area contributed by atoms with E-state index in [2.05, 4.69) is 10.2 Å². The summed E-state index contributed by atoms with van der Waals surface area (Å²) in [7, 11) is 1.96. The number of halogens is 1. The van der Waals surface area contributed by atoms with Gasteiger partial charge in [-0.05, 0) is 63.0 Å². The minimum atomic E-state index is -0.192. The molecule has 2 aliphatic heterocycles. The summed E-state index contributed by atoms with van der Waals surface area (Å²) in [6, 6.07) is 7.14. The van der Waals surface area contributed by atoms with Gasteiger partial charge in [-0.25, -0.2) is 4.39 Å². The molecule has 0 spiro atoms.